The summed E-state index contributed by atoms with van der Waals surface area (Å²) in [4.78, 5) is 4.12. The van der Waals surface area contributed by atoms with Crippen LogP contribution in [0.3, 0.4) is 0 Å². The smallest absolute Gasteiger partial charge is 0.258 e. The molecule has 4 nitrogen and oxygen atoms in total. The molecule has 0 aliphatic rings. The quantitative estimate of drug-likeness (QED) is 0.704. The molecule has 0 atom stereocenters. The van der Waals surface area contributed by atoms with Gasteiger partial charge in [-0.2, -0.15) is 4.98 Å². The lowest BCUT2D eigenvalue weighted by Gasteiger charge is -2.01. The highest BCUT2D eigenvalue weighted by Crippen LogP contribution is 2.31. The van der Waals surface area contributed by atoms with Crippen LogP contribution in [0.4, 0.5) is 8.78 Å². The average molecular weight is 353 g/mol. The van der Waals surface area contributed by atoms with E-state index in [9.17, 15) is 13.9 Å². The zero-order valence-electron chi connectivity index (χ0n) is 10.3. The van der Waals surface area contributed by atoms with Crippen molar-refractivity contribution < 1.29 is 18.4 Å². The van der Waals surface area contributed by atoms with Gasteiger partial charge in [-0.1, -0.05) is 11.2 Å². The molecule has 0 unspecified atom stereocenters. The van der Waals surface area contributed by atoms with Gasteiger partial charge in [0.25, 0.3) is 5.89 Å². The molecule has 0 saturated heterocycles. The summed E-state index contributed by atoms with van der Waals surface area (Å²) in [6.07, 6.45) is 0. The van der Waals surface area contributed by atoms with Crippen molar-refractivity contribution in [2.24, 2.45) is 0 Å². The van der Waals surface area contributed by atoms with Crippen LogP contribution in [0.5, 0.6) is 5.75 Å². The summed E-state index contributed by atoms with van der Waals surface area (Å²) >= 11 is 2.97. The highest BCUT2D eigenvalue weighted by molar-refractivity contribution is 9.10. The molecule has 0 spiro atoms. The van der Waals surface area contributed by atoms with Crippen LogP contribution in [-0.2, 0) is 0 Å². The van der Waals surface area contributed by atoms with E-state index in [4.69, 9.17) is 4.52 Å². The minimum Gasteiger partial charge on any atom is -0.508 e. The Kier molecular flexibility index (Phi) is 3.42. The Morgan fingerprint density at radius 3 is 2.71 bits per heavy atom. The number of rotatable bonds is 2. The van der Waals surface area contributed by atoms with Crippen molar-refractivity contribution >= 4 is 15.9 Å². The first-order valence-corrected chi connectivity index (χ1v) is 6.62. The number of hydrogen-bond donors (Lipinski definition) is 1. The molecular formula is C14H7BrF2N2O2. The van der Waals surface area contributed by atoms with Crippen LogP contribution < -0.4 is 0 Å². The molecule has 21 heavy (non-hydrogen) atoms. The topological polar surface area (TPSA) is 59.2 Å². The Balaban J connectivity index is 2.05. The second-order valence-corrected chi connectivity index (χ2v) is 4.99. The van der Waals surface area contributed by atoms with E-state index in [-0.39, 0.29) is 27.5 Å². The van der Waals surface area contributed by atoms with E-state index < -0.39 is 11.6 Å². The third-order valence-corrected chi connectivity index (χ3v) is 3.57. The van der Waals surface area contributed by atoms with Crippen LogP contribution in [0.2, 0.25) is 0 Å². The van der Waals surface area contributed by atoms with E-state index in [1.54, 1.807) is 12.1 Å². The molecule has 1 heterocycles. The lowest BCUT2D eigenvalue weighted by molar-refractivity contribution is 0.431. The van der Waals surface area contributed by atoms with Crippen molar-refractivity contribution in [1.82, 2.24) is 10.1 Å². The maximum absolute atomic E-state index is 13.5. The Bertz CT molecular complexity index is 820. The molecule has 0 aliphatic carbocycles. The van der Waals surface area contributed by atoms with Gasteiger partial charge < -0.3 is 9.63 Å². The van der Waals surface area contributed by atoms with Crippen molar-refractivity contribution in [2.75, 3.05) is 0 Å². The minimum atomic E-state index is -1.02. The summed E-state index contributed by atoms with van der Waals surface area (Å²) < 4.78 is 31.6. The van der Waals surface area contributed by atoms with Crippen molar-refractivity contribution in [3.63, 3.8) is 0 Å². The first-order chi connectivity index (χ1) is 10.1. The molecule has 3 aromatic rings. The lowest BCUT2D eigenvalue weighted by atomic mass is 10.2. The van der Waals surface area contributed by atoms with Gasteiger partial charge in [-0.15, -0.1) is 0 Å². The number of halogens is 3. The fourth-order valence-electron chi connectivity index (χ4n) is 1.79. The van der Waals surface area contributed by atoms with Gasteiger partial charge in [0.05, 0.1) is 4.47 Å². The molecule has 3 rings (SSSR count). The van der Waals surface area contributed by atoms with Crippen LogP contribution in [0.1, 0.15) is 0 Å². The molecule has 0 fully saturated rings. The molecule has 7 heteroatoms. The molecule has 0 bridgehead atoms. The standard InChI is InChI=1S/C14H7BrF2N2O2/c15-11-9(4-5-10(16)12(11)17)13-18-14(21-19-13)7-2-1-3-8(20)6-7/h1-6,20H. The third-order valence-electron chi connectivity index (χ3n) is 2.80. The van der Waals surface area contributed by atoms with Crippen LogP contribution in [0.25, 0.3) is 22.8 Å². The first-order valence-electron chi connectivity index (χ1n) is 5.83. The summed E-state index contributed by atoms with van der Waals surface area (Å²) in [6, 6.07) is 8.60. The summed E-state index contributed by atoms with van der Waals surface area (Å²) in [5.41, 5.74) is 0.788. The molecule has 0 saturated carbocycles. The van der Waals surface area contributed by atoms with Gasteiger partial charge >= 0.3 is 0 Å². The second kappa shape index (κ2) is 5.25. The Hall–Kier alpha value is -2.28. The van der Waals surface area contributed by atoms with E-state index in [0.29, 0.717) is 5.56 Å². The van der Waals surface area contributed by atoms with Crippen LogP contribution in [-0.4, -0.2) is 15.2 Å². The summed E-state index contributed by atoms with van der Waals surface area (Å²) in [7, 11) is 0. The Morgan fingerprint density at radius 1 is 1.14 bits per heavy atom. The molecule has 2 aromatic carbocycles. The molecule has 1 aromatic heterocycles. The molecule has 1 N–H and O–H groups in total. The SMILES string of the molecule is Oc1cccc(-c2nc(-c3ccc(F)c(F)c3Br)no2)c1. The monoisotopic (exact) mass is 352 g/mol. The highest BCUT2D eigenvalue weighted by atomic mass is 79.9. The van der Waals surface area contributed by atoms with E-state index in [1.165, 1.54) is 18.2 Å². The van der Waals surface area contributed by atoms with Crippen molar-refractivity contribution in [3.05, 3.63) is 52.5 Å². The van der Waals surface area contributed by atoms with Gasteiger partial charge in [-0.05, 0) is 46.3 Å². The van der Waals surface area contributed by atoms with E-state index in [1.807, 2.05) is 0 Å². The van der Waals surface area contributed by atoms with Gasteiger partial charge in [0, 0.05) is 11.1 Å². The van der Waals surface area contributed by atoms with Gasteiger partial charge in [0.1, 0.15) is 5.75 Å². The fraction of sp³-hybridized carbons (Fsp3) is 0. The van der Waals surface area contributed by atoms with Crippen molar-refractivity contribution in [1.29, 1.82) is 0 Å². The predicted molar refractivity (Wildman–Crippen MR) is 74.5 cm³/mol. The normalized spacial score (nSPS) is 10.8. The number of benzene rings is 2. The van der Waals surface area contributed by atoms with Crippen LogP contribution in [0.15, 0.2) is 45.4 Å². The zero-order chi connectivity index (χ0) is 15.0. The number of aromatic hydroxyl groups is 1. The lowest BCUT2D eigenvalue weighted by Crippen LogP contribution is -1.90. The summed E-state index contributed by atoms with van der Waals surface area (Å²) in [6.45, 7) is 0. The molecular weight excluding hydrogens is 346 g/mol. The molecule has 0 amide bonds. The van der Waals surface area contributed by atoms with Crippen LogP contribution >= 0.6 is 15.9 Å². The fourth-order valence-corrected chi connectivity index (χ4v) is 2.29. The number of nitrogens with zero attached hydrogens (tertiary/aromatic N) is 2. The van der Waals surface area contributed by atoms with Gasteiger partial charge in [-0.25, -0.2) is 8.78 Å². The van der Waals surface area contributed by atoms with Crippen LogP contribution in [0, 0.1) is 11.6 Å². The van der Waals surface area contributed by atoms with Gasteiger partial charge in [0.2, 0.25) is 5.82 Å². The van der Waals surface area contributed by atoms with E-state index in [0.717, 1.165) is 6.07 Å². The third kappa shape index (κ3) is 2.52. The molecule has 106 valence electrons. The first kappa shape index (κ1) is 13.7. The summed E-state index contributed by atoms with van der Waals surface area (Å²) in [5.74, 6) is -1.66. The number of hydrogen-bond acceptors (Lipinski definition) is 4. The largest absolute Gasteiger partial charge is 0.508 e. The maximum atomic E-state index is 13.5. The number of aromatic nitrogens is 2. The Labute approximate surface area is 126 Å². The minimum absolute atomic E-state index is 0.0567. The van der Waals surface area contributed by atoms with E-state index >= 15 is 0 Å². The number of phenolic OH excluding ortho intramolecular Hbond substituents is 1. The average Bonchev–Trinajstić information content (AvgIpc) is 2.94. The summed E-state index contributed by atoms with van der Waals surface area (Å²) in [5, 5.41) is 13.2. The van der Waals surface area contributed by atoms with E-state index in [2.05, 4.69) is 26.1 Å². The second-order valence-electron chi connectivity index (χ2n) is 4.20. The van der Waals surface area contributed by atoms with Crippen molar-refractivity contribution in [2.45, 2.75) is 0 Å². The molecule has 0 aliphatic heterocycles. The highest BCUT2D eigenvalue weighted by Gasteiger charge is 2.17. The predicted octanol–water partition coefficient (Wildman–Crippen LogP) is 4.15. The van der Waals surface area contributed by atoms with Gasteiger partial charge in [-0.3, -0.25) is 0 Å². The number of phenols is 1. The maximum Gasteiger partial charge on any atom is 0.258 e. The van der Waals surface area contributed by atoms with Gasteiger partial charge in [0.15, 0.2) is 11.6 Å². The molecule has 0 radical (unpaired) electrons. The zero-order valence-corrected chi connectivity index (χ0v) is 11.9. The Morgan fingerprint density at radius 2 is 1.95 bits per heavy atom. The van der Waals surface area contributed by atoms with Crippen molar-refractivity contribution in [3.8, 4) is 28.6 Å².